The topological polar surface area (TPSA) is 69.1 Å². The van der Waals surface area contributed by atoms with Gasteiger partial charge < -0.3 is 5.73 Å². The van der Waals surface area contributed by atoms with E-state index < -0.39 is 0 Å². The van der Waals surface area contributed by atoms with Crippen LogP contribution in [0.25, 0.3) is 16.9 Å². The van der Waals surface area contributed by atoms with Crippen LogP contribution >= 0.6 is 0 Å². The molecule has 0 saturated carbocycles. The van der Waals surface area contributed by atoms with Gasteiger partial charge in [-0.1, -0.05) is 42.5 Å². The van der Waals surface area contributed by atoms with Gasteiger partial charge >= 0.3 is 0 Å². The van der Waals surface area contributed by atoms with Crippen LogP contribution in [0.2, 0.25) is 0 Å². The highest BCUT2D eigenvalue weighted by molar-refractivity contribution is 5.69. The molecule has 5 nitrogen and oxygen atoms in total. The largest absolute Gasteiger partial charge is 0.381 e. The molecule has 6 heteroatoms. The molecule has 2 N–H and O–H groups in total. The van der Waals surface area contributed by atoms with Gasteiger partial charge in [0.25, 0.3) is 0 Å². The molecule has 2 heterocycles. The van der Waals surface area contributed by atoms with Gasteiger partial charge in [0.15, 0.2) is 17.3 Å². The van der Waals surface area contributed by atoms with Crippen LogP contribution < -0.4 is 5.73 Å². The van der Waals surface area contributed by atoms with E-state index in [1.54, 1.807) is 16.6 Å². The number of fused-ring (bicyclic) bond motifs is 1. The smallest absolute Gasteiger partial charge is 0.198 e. The van der Waals surface area contributed by atoms with Crippen LogP contribution in [0.5, 0.6) is 0 Å². The maximum absolute atomic E-state index is 13.6. The summed E-state index contributed by atoms with van der Waals surface area (Å²) in [5, 5.41) is 4.57. The number of nitrogen functional groups attached to an aromatic ring is 1. The Balaban J connectivity index is 1.82. The van der Waals surface area contributed by atoms with Crippen LogP contribution in [0.3, 0.4) is 0 Å². The number of hydrogen-bond donors (Lipinski definition) is 1. The van der Waals surface area contributed by atoms with Crippen molar-refractivity contribution >= 4 is 11.5 Å². The van der Waals surface area contributed by atoms with Crippen molar-refractivity contribution in [2.24, 2.45) is 0 Å². The Hall–Kier alpha value is -3.28. The summed E-state index contributed by atoms with van der Waals surface area (Å²) < 4.78 is 15.2. The number of halogens is 1. The molecule has 0 radical (unpaired) electrons. The van der Waals surface area contributed by atoms with Gasteiger partial charge in [-0.3, -0.25) is 0 Å². The van der Waals surface area contributed by atoms with E-state index in [4.69, 9.17) is 5.73 Å². The second-order valence-corrected chi connectivity index (χ2v) is 5.87. The van der Waals surface area contributed by atoms with Crippen LogP contribution in [0, 0.1) is 12.7 Å². The van der Waals surface area contributed by atoms with Crippen molar-refractivity contribution in [2.45, 2.75) is 13.3 Å². The first-order chi connectivity index (χ1) is 12.1. The lowest BCUT2D eigenvalue weighted by Crippen LogP contribution is -2.04. The standard InChI is InChI=1S/C19H16FN5/c1-12-17(14-8-5-9-15(20)11-14)23-18(21)19-22-16(24-25(12)19)10-13-6-3-2-4-7-13/h2-9,11H,10H2,1H3,(H2,21,23). The van der Waals surface area contributed by atoms with Gasteiger partial charge in [-0.25, -0.2) is 18.9 Å². The summed E-state index contributed by atoms with van der Waals surface area (Å²) in [4.78, 5) is 8.93. The number of nitrogens with zero attached hydrogens (tertiary/aromatic N) is 4. The molecule has 25 heavy (non-hydrogen) atoms. The van der Waals surface area contributed by atoms with E-state index in [2.05, 4.69) is 15.1 Å². The lowest BCUT2D eigenvalue weighted by Gasteiger charge is -2.08. The molecule has 0 aliphatic rings. The summed E-state index contributed by atoms with van der Waals surface area (Å²) in [5.74, 6) is 0.622. The van der Waals surface area contributed by atoms with Crippen molar-refractivity contribution in [3.63, 3.8) is 0 Å². The molecule has 124 valence electrons. The first-order valence-electron chi connectivity index (χ1n) is 7.93. The summed E-state index contributed by atoms with van der Waals surface area (Å²) in [6, 6.07) is 16.3. The second kappa shape index (κ2) is 5.98. The van der Waals surface area contributed by atoms with Crippen LogP contribution in [0.4, 0.5) is 10.2 Å². The molecule has 0 aliphatic carbocycles. The van der Waals surface area contributed by atoms with Crippen LogP contribution in [0.1, 0.15) is 17.1 Å². The lowest BCUT2D eigenvalue weighted by atomic mass is 10.1. The zero-order chi connectivity index (χ0) is 17.4. The molecular formula is C19H16FN5. The van der Waals surface area contributed by atoms with Gasteiger partial charge in [-0.2, -0.15) is 5.10 Å². The van der Waals surface area contributed by atoms with Crippen LogP contribution in [0.15, 0.2) is 54.6 Å². The van der Waals surface area contributed by atoms with E-state index in [0.717, 1.165) is 11.3 Å². The Morgan fingerprint density at radius 1 is 1.04 bits per heavy atom. The number of aryl methyl sites for hydroxylation is 1. The SMILES string of the molecule is Cc1c(-c2cccc(F)c2)nc(N)c2nc(Cc3ccccc3)nn12. The number of anilines is 1. The van der Waals surface area contributed by atoms with Crippen molar-refractivity contribution in [3.05, 3.63) is 77.5 Å². The molecule has 4 aromatic rings. The highest BCUT2D eigenvalue weighted by atomic mass is 19.1. The minimum atomic E-state index is -0.319. The van der Waals surface area contributed by atoms with Gasteiger partial charge in [0, 0.05) is 12.0 Å². The third-order valence-corrected chi connectivity index (χ3v) is 4.08. The molecule has 0 spiro atoms. The second-order valence-electron chi connectivity index (χ2n) is 5.87. The molecule has 0 unspecified atom stereocenters. The fourth-order valence-electron chi connectivity index (χ4n) is 2.87. The Kier molecular flexibility index (Phi) is 3.65. The number of rotatable bonds is 3. The molecule has 0 amide bonds. The number of benzene rings is 2. The number of hydrogen-bond acceptors (Lipinski definition) is 4. The van der Waals surface area contributed by atoms with E-state index in [9.17, 15) is 4.39 Å². The summed E-state index contributed by atoms with van der Waals surface area (Å²) >= 11 is 0. The third-order valence-electron chi connectivity index (χ3n) is 4.08. The normalized spacial score (nSPS) is 11.1. The predicted molar refractivity (Wildman–Crippen MR) is 94.6 cm³/mol. The Bertz CT molecular complexity index is 1060. The van der Waals surface area contributed by atoms with E-state index >= 15 is 0 Å². The monoisotopic (exact) mass is 333 g/mol. The van der Waals surface area contributed by atoms with Crippen molar-refractivity contribution < 1.29 is 4.39 Å². The van der Waals surface area contributed by atoms with Crippen molar-refractivity contribution in [3.8, 4) is 11.3 Å². The lowest BCUT2D eigenvalue weighted by molar-refractivity contribution is 0.628. The Morgan fingerprint density at radius 3 is 2.60 bits per heavy atom. The number of nitrogens with two attached hydrogens (primary N) is 1. The molecule has 2 aromatic carbocycles. The van der Waals surface area contributed by atoms with Crippen LogP contribution in [-0.2, 0) is 6.42 Å². The van der Waals surface area contributed by atoms with E-state index in [0.29, 0.717) is 29.1 Å². The molecule has 0 fully saturated rings. The van der Waals surface area contributed by atoms with Crippen molar-refractivity contribution in [2.75, 3.05) is 5.73 Å². The van der Waals surface area contributed by atoms with Crippen molar-refractivity contribution in [1.82, 2.24) is 19.6 Å². The fraction of sp³-hybridized carbons (Fsp3) is 0.105. The van der Waals surface area contributed by atoms with Crippen LogP contribution in [-0.4, -0.2) is 19.6 Å². The summed E-state index contributed by atoms with van der Waals surface area (Å²) in [6.07, 6.45) is 0.608. The fourth-order valence-corrected chi connectivity index (χ4v) is 2.87. The van der Waals surface area contributed by atoms with Gasteiger partial charge in [-0.05, 0) is 24.6 Å². The van der Waals surface area contributed by atoms with E-state index in [1.165, 1.54) is 12.1 Å². The van der Waals surface area contributed by atoms with Gasteiger partial charge in [0.05, 0.1) is 11.4 Å². The zero-order valence-corrected chi connectivity index (χ0v) is 13.6. The Labute approximate surface area is 144 Å². The Morgan fingerprint density at radius 2 is 1.84 bits per heavy atom. The first kappa shape index (κ1) is 15.3. The summed E-state index contributed by atoms with van der Waals surface area (Å²) in [5.41, 5.74) is 9.74. The van der Waals surface area contributed by atoms with Gasteiger partial charge in [0.1, 0.15) is 5.82 Å². The summed E-state index contributed by atoms with van der Waals surface area (Å²) in [6.45, 7) is 1.88. The average molecular weight is 333 g/mol. The van der Waals surface area contributed by atoms with Crippen molar-refractivity contribution in [1.29, 1.82) is 0 Å². The van der Waals surface area contributed by atoms with Gasteiger partial charge in [0.2, 0.25) is 0 Å². The minimum Gasteiger partial charge on any atom is -0.381 e. The predicted octanol–water partition coefficient (Wildman–Crippen LogP) is 3.41. The minimum absolute atomic E-state index is 0.275. The summed E-state index contributed by atoms with van der Waals surface area (Å²) in [7, 11) is 0. The molecule has 0 saturated heterocycles. The average Bonchev–Trinajstić information content (AvgIpc) is 3.04. The zero-order valence-electron chi connectivity index (χ0n) is 13.6. The maximum atomic E-state index is 13.6. The molecule has 0 atom stereocenters. The van der Waals surface area contributed by atoms with E-state index in [1.807, 2.05) is 37.3 Å². The maximum Gasteiger partial charge on any atom is 0.198 e. The molecule has 4 rings (SSSR count). The molecule has 0 bridgehead atoms. The highest BCUT2D eigenvalue weighted by Gasteiger charge is 2.15. The third kappa shape index (κ3) is 2.82. The van der Waals surface area contributed by atoms with Gasteiger partial charge in [-0.15, -0.1) is 0 Å². The highest BCUT2D eigenvalue weighted by Crippen LogP contribution is 2.25. The molecule has 0 aliphatic heterocycles. The molecular weight excluding hydrogens is 317 g/mol. The first-order valence-corrected chi connectivity index (χ1v) is 7.93. The quantitative estimate of drug-likeness (QED) is 0.624. The molecule has 2 aromatic heterocycles. The number of aromatic nitrogens is 4. The van der Waals surface area contributed by atoms with E-state index in [-0.39, 0.29) is 11.6 Å².